The molecule has 5 heteroatoms. The fourth-order valence-electron chi connectivity index (χ4n) is 2.13. The van der Waals surface area contributed by atoms with E-state index in [0.717, 1.165) is 22.8 Å². The molecule has 0 spiro atoms. The Morgan fingerprint density at radius 1 is 1.38 bits per heavy atom. The lowest BCUT2D eigenvalue weighted by Gasteiger charge is -2.24. The standard InChI is InChI=1S/C16H21N3OS/c1-5-17-13-10-11(2)6-7-12(13)14(20)19-16(3,4)15-18-8-9-21-15/h6-10,17H,5H2,1-4H3,(H,19,20). The molecule has 1 amide bonds. The number of rotatable bonds is 5. The predicted molar refractivity (Wildman–Crippen MR) is 87.9 cm³/mol. The Bertz CT molecular complexity index is 620. The van der Waals surface area contributed by atoms with Crippen LogP contribution in [-0.2, 0) is 5.54 Å². The lowest BCUT2D eigenvalue weighted by Crippen LogP contribution is -2.41. The minimum Gasteiger partial charge on any atom is -0.385 e. The molecule has 1 aromatic carbocycles. The molecule has 0 saturated carbocycles. The topological polar surface area (TPSA) is 54.0 Å². The van der Waals surface area contributed by atoms with E-state index >= 15 is 0 Å². The van der Waals surface area contributed by atoms with Crippen LogP contribution in [0.25, 0.3) is 0 Å². The monoisotopic (exact) mass is 303 g/mol. The quantitative estimate of drug-likeness (QED) is 0.888. The van der Waals surface area contributed by atoms with Gasteiger partial charge in [0, 0.05) is 23.8 Å². The largest absolute Gasteiger partial charge is 0.385 e. The first-order chi connectivity index (χ1) is 9.94. The zero-order chi connectivity index (χ0) is 15.5. The summed E-state index contributed by atoms with van der Waals surface area (Å²) in [5.74, 6) is -0.0915. The normalized spacial score (nSPS) is 11.2. The summed E-state index contributed by atoms with van der Waals surface area (Å²) in [7, 11) is 0. The van der Waals surface area contributed by atoms with Crippen molar-refractivity contribution in [2.24, 2.45) is 0 Å². The highest BCUT2D eigenvalue weighted by atomic mass is 32.1. The van der Waals surface area contributed by atoms with Crippen LogP contribution in [0.1, 0.15) is 41.7 Å². The summed E-state index contributed by atoms with van der Waals surface area (Å²) >= 11 is 1.54. The van der Waals surface area contributed by atoms with Crippen LogP contribution in [0.15, 0.2) is 29.8 Å². The van der Waals surface area contributed by atoms with Crippen LogP contribution >= 0.6 is 11.3 Å². The van der Waals surface area contributed by atoms with Gasteiger partial charge in [0.25, 0.3) is 5.91 Å². The van der Waals surface area contributed by atoms with Crippen molar-refractivity contribution in [3.63, 3.8) is 0 Å². The lowest BCUT2D eigenvalue weighted by atomic mass is 10.0. The van der Waals surface area contributed by atoms with E-state index in [9.17, 15) is 4.79 Å². The molecule has 4 nitrogen and oxygen atoms in total. The van der Waals surface area contributed by atoms with Crippen molar-refractivity contribution in [1.82, 2.24) is 10.3 Å². The van der Waals surface area contributed by atoms with Crippen molar-refractivity contribution in [2.45, 2.75) is 33.2 Å². The first-order valence-electron chi connectivity index (χ1n) is 7.01. The van der Waals surface area contributed by atoms with Gasteiger partial charge in [-0.25, -0.2) is 4.98 Å². The maximum Gasteiger partial charge on any atom is 0.254 e. The minimum atomic E-state index is -0.486. The summed E-state index contributed by atoms with van der Waals surface area (Å²) in [4.78, 5) is 16.9. The second-order valence-corrected chi connectivity index (χ2v) is 6.39. The first kappa shape index (κ1) is 15.5. The molecule has 0 atom stereocenters. The summed E-state index contributed by atoms with van der Waals surface area (Å²) in [6, 6.07) is 5.81. The van der Waals surface area contributed by atoms with Gasteiger partial charge in [-0.05, 0) is 45.4 Å². The summed E-state index contributed by atoms with van der Waals surface area (Å²) in [6.07, 6.45) is 1.75. The van der Waals surface area contributed by atoms with Gasteiger partial charge in [0.1, 0.15) is 5.01 Å². The van der Waals surface area contributed by atoms with Crippen molar-refractivity contribution in [1.29, 1.82) is 0 Å². The molecular formula is C16H21N3OS. The maximum absolute atomic E-state index is 12.6. The van der Waals surface area contributed by atoms with Gasteiger partial charge in [0.2, 0.25) is 0 Å². The number of aromatic nitrogens is 1. The van der Waals surface area contributed by atoms with Crippen LogP contribution in [-0.4, -0.2) is 17.4 Å². The Hall–Kier alpha value is -1.88. The van der Waals surface area contributed by atoms with E-state index in [1.54, 1.807) is 17.5 Å². The molecule has 0 aliphatic carbocycles. The molecular weight excluding hydrogens is 282 g/mol. The van der Waals surface area contributed by atoms with Crippen LogP contribution in [0, 0.1) is 6.92 Å². The van der Waals surface area contributed by atoms with Crippen molar-refractivity contribution >= 4 is 22.9 Å². The van der Waals surface area contributed by atoms with E-state index in [-0.39, 0.29) is 5.91 Å². The Balaban J connectivity index is 2.24. The van der Waals surface area contributed by atoms with E-state index in [1.165, 1.54) is 0 Å². The molecule has 0 aliphatic rings. The van der Waals surface area contributed by atoms with E-state index < -0.39 is 5.54 Å². The Labute approximate surface area is 129 Å². The molecule has 21 heavy (non-hydrogen) atoms. The van der Waals surface area contributed by atoms with Crippen LogP contribution in [0.5, 0.6) is 0 Å². The number of hydrogen-bond acceptors (Lipinski definition) is 4. The average Bonchev–Trinajstić information content (AvgIpc) is 2.93. The molecule has 0 radical (unpaired) electrons. The molecule has 0 saturated heterocycles. The van der Waals surface area contributed by atoms with Gasteiger partial charge in [0.15, 0.2) is 0 Å². The fourth-order valence-corrected chi connectivity index (χ4v) is 2.85. The van der Waals surface area contributed by atoms with Gasteiger partial charge in [-0.15, -0.1) is 11.3 Å². The molecule has 2 N–H and O–H groups in total. The third-order valence-corrected chi connectivity index (χ3v) is 4.28. The van der Waals surface area contributed by atoms with Crippen LogP contribution in [0.4, 0.5) is 5.69 Å². The summed E-state index contributed by atoms with van der Waals surface area (Å²) in [6.45, 7) is 8.74. The number of thiazole rings is 1. The Morgan fingerprint density at radius 3 is 2.76 bits per heavy atom. The Kier molecular flexibility index (Phi) is 4.63. The highest BCUT2D eigenvalue weighted by Crippen LogP contribution is 2.24. The summed E-state index contributed by atoms with van der Waals surface area (Å²) in [5.41, 5.74) is 2.17. The molecule has 0 unspecified atom stereocenters. The summed E-state index contributed by atoms with van der Waals surface area (Å²) < 4.78 is 0. The first-order valence-corrected chi connectivity index (χ1v) is 7.89. The van der Waals surface area contributed by atoms with E-state index in [0.29, 0.717) is 5.56 Å². The van der Waals surface area contributed by atoms with Gasteiger partial charge in [-0.2, -0.15) is 0 Å². The number of nitrogens with one attached hydrogen (secondary N) is 2. The van der Waals surface area contributed by atoms with E-state index in [4.69, 9.17) is 0 Å². The molecule has 112 valence electrons. The smallest absolute Gasteiger partial charge is 0.254 e. The van der Waals surface area contributed by atoms with Crippen LogP contribution < -0.4 is 10.6 Å². The van der Waals surface area contributed by atoms with Gasteiger partial charge in [-0.3, -0.25) is 4.79 Å². The zero-order valence-corrected chi connectivity index (χ0v) is 13.7. The molecule has 0 bridgehead atoms. The number of carbonyl (C=O) groups is 1. The number of nitrogens with zero attached hydrogens (tertiary/aromatic N) is 1. The highest BCUT2D eigenvalue weighted by Gasteiger charge is 2.26. The third-order valence-electron chi connectivity index (χ3n) is 3.18. The van der Waals surface area contributed by atoms with Crippen molar-refractivity contribution < 1.29 is 4.79 Å². The van der Waals surface area contributed by atoms with Gasteiger partial charge in [0.05, 0.1) is 11.1 Å². The summed E-state index contributed by atoms with van der Waals surface area (Å²) in [5, 5.41) is 9.12. The van der Waals surface area contributed by atoms with Gasteiger partial charge < -0.3 is 10.6 Å². The molecule has 1 aromatic heterocycles. The number of benzene rings is 1. The fraction of sp³-hybridized carbons (Fsp3) is 0.375. The molecule has 2 rings (SSSR count). The van der Waals surface area contributed by atoms with Gasteiger partial charge >= 0.3 is 0 Å². The number of anilines is 1. The highest BCUT2D eigenvalue weighted by molar-refractivity contribution is 7.09. The minimum absolute atomic E-state index is 0.0915. The van der Waals surface area contributed by atoms with E-state index in [1.807, 2.05) is 51.3 Å². The number of amides is 1. The third kappa shape index (κ3) is 3.61. The number of hydrogen-bond donors (Lipinski definition) is 2. The Morgan fingerprint density at radius 2 is 2.14 bits per heavy atom. The van der Waals surface area contributed by atoms with Crippen LogP contribution in [0.3, 0.4) is 0 Å². The van der Waals surface area contributed by atoms with Gasteiger partial charge in [-0.1, -0.05) is 6.07 Å². The molecule has 0 fully saturated rings. The molecule has 2 aromatic rings. The predicted octanol–water partition coefficient (Wildman–Crippen LogP) is 3.55. The van der Waals surface area contributed by atoms with E-state index in [2.05, 4.69) is 15.6 Å². The SMILES string of the molecule is CCNc1cc(C)ccc1C(=O)NC(C)(C)c1nccs1. The second kappa shape index (κ2) is 6.26. The lowest BCUT2D eigenvalue weighted by molar-refractivity contribution is 0.0913. The number of aryl methyl sites for hydroxylation is 1. The van der Waals surface area contributed by atoms with Crippen molar-refractivity contribution in [2.75, 3.05) is 11.9 Å². The second-order valence-electron chi connectivity index (χ2n) is 5.50. The van der Waals surface area contributed by atoms with Crippen molar-refractivity contribution in [3.8, 4) is 0 Å². The zero-order valence-electron chi connectivity index (χ0n) is 12.9. The number of carbonyl (C=O) groups excluding carboxylic acids is 1. The van der Waals surface area contributed by atoms with Crippen LogP contribution in [0.2, 0.25) is 0 Å². The maximum atomic E-state index is 12.6. The van der Waals surface area contributed by atoms with Crippen molar-refractivity contribution in [3.05, 3.63) is 45.9 Å². The molecule has 0 aliphatic heterocycles. The average molecular weight is 303 g/mol. The molecule has 1 heterocycles.